The molecule has 0 bridgehead atoms. The largest absolute Gasteiger partial charge is 0.417 e. The van der Waals surface area contributed by atoms with Gasteiger partial charge in [-0.25, -0.2) is 18.2 Å². The van der Waals surface area contributed by atoms with E-state index in [-0.39, 0.29) is 10.8 Å². The number of nitrogens with one attached hydrogen (secondary N) is 1. The molecular weight excluding hydrogens is 352 g/mol. The predicted octanol–water partition coefficient (Wildman–Crippen LogP) is 3.22. The van der Waals surface area contributed by atoms with Gasteiger partial charge in [0.1, 0.15) is 0 Å². The van der Waals surface area contributed by atoms with E-state index in [1.54, 1.807) is 18.2 Å². The van der Waals surface area contributed by atoms with Crippen LogP contribution in [0.3, 0.4) is 0 Å². The van der Waals surface area contributed by atoms with Crippen molar-refractivity contribution in [3.8, 4) is 0 Å². The molecule has 2 aromatic carbocycles. The van der Waals surface area contributed by atoms with E-state index < -0.39 is 15.6 Å². The first-order chi connectivity index (χ1) is 12.3. The van der Waals surface area contributed by atoms with E-state index in [4.69, 9.17) is 4.42 Å². The number of fused-ring (bicyclic) bond motifs is 3. The minimum absolute atomic E-state index is 0.245. The first-order valence-corrected chi connectivity index (χ1v) is 9.95. The number of nitrogens with zero attached hydrogens (tertiary/aromatic N) is 1. The van der Waals surface area contributed by atoms with Gasteiger partial charge in [-0.15, -0.1) is 0 Å². The van der Waals surface area contributed by atoms with Gasteiger partial charge in [0.05, 0.1) is 21.6 Å². The van der Waals surface area contributed by atoms with E-state index in [0.717, 1.165) is 16.5 Å². The van der Waals surface area contributed by atoms with Crippen LogP contribution in [0.5, 0.6) is 0 Å². The first kappa shape index (κ1) is 16.5. The van der Waals surface area contributed by atoms with Gasteiger partial charge in [0.15, 0.2) is 15.4 Å². The zero-order valence-electron chi connectivity index (χ0n) is 14.2. The van der Waals surface area contributed by atoms with Crippen molar-refractivity contribution in [2.75, 3.05) is 6.26 Å². The lowest BCUT2D eigenvalue weighted by molar-refractivity contribution is 0.548. The Kier molecular flexibility index (Phi) is 3.69. The number of para-hydroxylation sites is 1. The maximum Gasteiger partial charge on any atom is 0.417 e. The smallest absolute Gasteiger partial charge is 0.406 e. The minimum Gasteiger partial charge on any atom is -0.406 e. The number of oxazole rings is 1. The number of hydrogen-bond donors (Lipinski definition) is 1. The monoisotopic (exact) mass is 368 g/mol. The first-order valence-electron chi connectivity index (χ1n) is 8.06. The van der Waals surface area contributed by atoms with E-state index in [9.17, 15) is 13.2 Å². The molecule has 6 nitrogen and oxygen atoms in total. The Morgan fingerprint density at radius 2 is 1.88 bits per heavy atom. The Morgan fingerprint density at radius 1 is 1.12 bits per heavy atom. The topological polar surface area (TPSA) is 93.0 Å². The third-order valence-corrected chi connectivity index (χ3v) is 5.60. The molecular formula is C19H16N2O4S. The average Bonchev–Trinajstić information content (AvgIpc) is 3.01. The predicted molar refractivity (Wildman–Crippen MR) is 99.2 cm³/mol. The molecule has 26 heavy (non-hydrogen) atoms. The van der Waals surface area contributed by atoms with Gasteiger partial charge in [0, 0.05) is 17.6 Å². The summed E-state index contributed by atoms with van der Waals surface area (Å²) >= 11 is 0. The summed E-state index contributed by atoms with van der Waals surface area (Å²) in [5, 5.41) is 0.800. The maximum absolute atomic E-state index is 11.9. The number of pyridine rings is 1. The Balaban J connectivity index is 1.97. The van der Waals surface area contributed by atoms with Gasteiger partial charge < -0.3 is 4.42 Å². The van der Waals surface area contributed by atoms with Crippen molar-refractivity contribution in [3.05, 3.63) is 70.3 Å². The molecule has 0 saturated carbocycles. The molecule has 2 aromatic heterocycles. The second-order valence-electron chi connectivity index (χ2n) is 6.30. The van der Waals surface area contributed by atoms with Crippen LogP contribution in [0.15, 0.2) is 62.6 Å². The highest BCUT2D eigenvalue weighted by Gasteiger charge is 2.20. The van der Waals surface area contributed by atoms with E-state index in [0.29, 0.717) is 16.8 Å². The lowest BCUT2D eigenvalue weighted by Crippen LogP contribution is -2.03. The molecule has 132 valence electrons. The molecule has 0 saturated heterocycles. The number of H-pyrrole nitrogens is 1. The van der Waals surface area contributed by atoms with Gasteiger partial charge >= 0.3 is 5.76 Å². The highest BCUT2D eigenvalue weighted by atomic mass is 32.2. The highest BCUT2D eigenvalue weighted by molar-refractivity contribution is 7.90. The standard InChI is InChI=1S/C19H16N2O4S/c1-11(12-6-5-7-13(10-12)26(2,23)24)16-18-17(21-19(22)25-18)14-8-3-4-9-15(14)20-16/h3-11H,1-2H3,(H,21,22)/t11-/m1/s1. The second-order valence-corrected chi connectivity index (χ2v) is 8.31. The Labute approximate surface area is 149 Å². The van der Waals surface area contributed by atoms with Crippen molar-refractivity contribution in [1.82, 2.24) is 9.97 Å². The average molecular weight is 368 g/mol. The molecule has 1 atom stereocenters. The summed E-state index contributed by atoms with van der Waals surface area (Å²) in [5.74, 6) is -0.806. The summed E-state index contributed by atoms with van der Waals surface area (Å²) < 4.78 is 29.1. The summed E-state index contributed by atoms with van der Waals surface area (Å²) in [5.41, 5.74) is 3.09. The zero-order chi connectivity index (χ0) is 18.5. The quantitative estimate of drug-likeness (QED) is 0.599. The molecule has 0 fully saturated rings. The Hall–Kier alpha value is -2.93. The zero-order valence-corrected chi connectivity index (χ0v) is 15.0. The fraction of sp³-hybridized carbons (Fsp3) is 0.158. The molecule has 2 heterocycles. The molecule has 1 N–H and O–H groups in total. The molecule has 0 amide bonds. The van der Waals surface area contributed by atoms with Crippen LogP contribution in [0.1, 0.15) is 24.1 Å². The summed E-state index contributed by atoms with van der Waals surface area (Å²) in [7, 11) is -3.31. The number of aromatic amines is 1. The van der Waals surface area contributed by atoms with Crippen LogP contribution in [0, 0.1) is 0 Å². The van der Waals surface area contributed by atoms with E-state index in [2.05, 4.69) is 9.97 Å². The van der Waals surface area contributed by atoms with Crippen molar-refractivity contribution in [2.45, 2.75) is 17.7 Å². The molecule has 4 rings (SSSR count). The number of benzene rings is 2. The van der Waals surface area contributed by atoms with Gasteiger partial charge in [-0.1, -0.05) is 37.3 Å². The third-order valence-electron chi connectivity index (χ3n) is 4.49. The third kappa shape index (κ3) is 2.70. The van der Waals surface area contributed by atoms with E-state index >= 15 is 0 Å². The molecule has 0 aliphatic rings. The van der Waals surface area contributed by atoms with Crippen molar-refractivity contribution < 1.29 is 12.8 Å². The number of rotatable bonds is 3. The van der Waals surface area contributed by atoms with Gasteiger partial charge in [0.2, 0.25) is 0 Å². The summed E-state index contributed by atoms with van der Waals surface area (Å²) in [6, 6.07) is 14.2. The lowest BCUT2D eigenvalue weighted by atomic mass is 9.96. The van der Waals surface area contributed by atoms with Crippen molar-refractivity contribution in [2.24, 2.45) is 0 Å². The summed E-state index contributed by atoms with van der Waals surface area (Å²) in [6.45, 7) is 1.91. The lowest BCUT2D eigenvalue weighted by Gasteiger charge is -2.14. The summed E-state index contributed by atoms with van der Waals surface area (Å²) in [6.07, 6.45) is 1.18. The number of aromatic nitrogens is 2. The van der Waals surface area contributed by atoms with Crippen LogP contribution in [-0.2, 0) is 9.84 Å². The van der Waals surface area contributed by atoms with Crippen LogP contribution < -0.4 is 5.76 Å². The molecule has 0 radical (unpaired) electrons. The molecule has 0 unspecified atom stereocenters. The van der Waals surface area contributed by atoms with Gasteiger partial charge in [-0.05, 0) is 23.8 Å². The molecule has 0 aliphatic heterocycles. The van der Waals surface area contributed by atoms with E-state index in [1.165, 1.54) is 6.26 Å². The van der Waals surface area contributed by atoms with Crippen LogP contribution in [-0.4, -0.2) is 24.6 Å². The molecule has 0 aliphatic carbocycles. The van der Waals surface area contributed by atoms with Gasteiger partial charge in [-0.2, -0.15) is 0 Å². The van der Waals surface area contributed by atoms with Crippen LogP contribution in [0.4, 0.5) is 0 Å². The van der Waals surface area contributed by atoms with E-state index in [1.807, 2.05) is 37.3 Å². The Morgan fingerprint density at radius 3 is 2.65 bits per heavy atom. The van der Waals surface area contributed by atoms with Crippen molar-refractivity contribution in [3.63, 3.8) is 0 Å². The van der Waals surface area contributed by atoms with Crippen molar-refractivity contribution in [1.29, 1.82) is 0 Å². The fourth-order valence-electron chi connectivity index (χ4n) is 3.13. The molecule has 7 heteroatoms. The van der Waals surface area contributed by atoms with Crippen molar-refractivity contribution >= 4 is 31.8 Å². The molecule has 4 aromatic rings. The van der Waals surface area contributed by atoms with Gasteiger partial charge in [-0.3, -0.25) is 4.98 Å². The summed E-state index contributed by atoms with van der Waals surface area (Å²) in [4.78, 5) is 19.5. The highest BCUT2D eigenvalue weighted by Crippen LogP contribution is 2.32. The van der Waals surface area contributed by atoms with Crippen LogP contribution in [0.2, 0.25) is 0 Å². The van der Waals surface area contributed by atoms with Crippen LogP contribution in [0.25, 0.3) is 22.0 Å². The number of hydrogen-bond acceptors (Lipinski definition) is 5. The van der Waals surface area contributed by atoms with Gasteiger partial charge in [0.25, 0.3) is 0 Å². The number of sulfone groups is 1. The second kappa shape index (κ2) is 5.81. The Bertz CT molecular complexity index is 1300. The SMILES string of the molecule is C[C@H](c1cccc(S(C)(=O)=O)c1)c1nc2ccccc2c2[nH]c(=O)oc12. The maximum atomic E-state index is 11.9. The molecule has 0 spiro atoms. The normalized spacial score (nSPS) is 13.3. The minimum atomic E-state index is -3.31. The van der Waals surface area contributed by atoms with Crippen LogP contribution >= 0.6 is 0 Å². The fourth-order valence-corrected chi connectivity index (χ4v) is 3.80.